The quantitative estimate of drug-likeness (QED) is 0.909. The van der Waals surface area contributed by atoms with Crippen molar-refractivity contribution in [1.29, 1.82) is 0 Å². The summed E-state index contributed by atoms with van der Waals surface area (Å²) in [4.78, 5) is 29.3. The molecular formula is C15H12N2O4. The van der Waals surface area contributed by atoms with Crippen LogP contribution in [0.1, 0.15) is 20.8 Å². The lowest BCUT2D eigenvalue weighted by molar-refractivity contribution is 0.0691. The van der Waals surface area contributed by atoms with Crippen LogP contribution in [0.15, 0.2) is 42.6 Å². The fourth-order valence-corrected chi connectivity index (χ4v) is 2.26. The molecule has 0 unspecified atom stereocenters. The SMILES string of the molecule is O=C(O)c1cccnc1C(=O)N1CCOc2ccccc21. The zero-order valence-corrected chi connectivity index (χ0v) is 11.0. The number of carbonyl (C=O) groups is 2. The number of fused-ring (bicyclic) bond motifs is 1. The van der Waals surface area contributed by atoms with Crippen LogP contribution in [0.5, 0.6) is 5.75 Å². The molecule has 1 aliphatic heterocycles. The first-order valence-corrected chi connectivity index (χ1v) is 6.40. The van der Waals surface area contributed by atoms with Crippen molar-refractivity contribution in [3.05, 3.63) is 53.9 Å². The summed E-state index contributed by atoms with van der Waals surface area (Å²) in [5.74, 6) is -1.01. The number of ether oxygens (including phenoxy) is 1. The first-order chi connectivity index (χ1) is 10.2. The number of carboxylic acids is 1. The lowest BCUT2D eigenvalue weighted by Gasteiger charge is -2.29. The second-order valence-corrected chi connectivity index (χ2v) is 4.48. The predicted molar refractivity (Wildman–Crippen MR) is 74.8 cm³/mol. The number of rotatable bonds is 2. The molecule has 6 nitrogen and oxygen atoms in total. The molecule has 0 atom stereocenters. The number of amides is 1. The van der Waals surface area contributed by atoms with E-state index >= 15 is 0 Å². The van der Waals surface area contributed by atoms with Gasteiger partial charge in [-0.1, -0.05) is 12.1 Å². The second-order valence-electron chi connectivity index (χ2n) is 4.48. The number of benzene rings is 1. The topological polar surface area (TPSA) is 79.7 Å². The van der Waals surface area contributed by atoms with E-state index in [1.165, 1.54) is 23.2 Å². The first-order valence-electron chi connectivity index (χ1n) is 6.40. The molecule has 2 heterocycles. The summed E-state index contributed by atoms with van der Waals surface area (Å²) >= 11 is 0. The third-order valence-corrected chi connectivity index (χ3v) is 3.21. The molecule has 0 bridgehead atoms. The minimum atomic E-state index is -1.17. The molecule has 0 spiro atoms. The fourth-order valence-electron chi connectivity index (χ4n) is 2.26. The van der Waals surface area contributed by atoms with Gasteiger partial charge in [-0.25, -0.2) is 4.79 Å². The highest BCUT2D eigenvalue weighted by atomic mass is 16.5. The van der Waals surface area contributed by atoms with Crippen LogP contribution in [0.2, 0.25) is 0 Å². The van der Waals surface area contributed by atoms with Gasteiger partial charge in [0.1, 0.15) is 18.1 Å². The molecule has 3 rings (SSSR count). The molecule has 6 heteroatoms. The number of hydrogen-bond acceptors (Lipinski definition) is 4. The van der Waals surface area contributed by atoms with Crippen molar-refractivity contribution >= 4 is 17.6 Å². The van der Waals surface area contributed by atoms with Gasteiger partial charge >= 0.3 is 5.97 Å². The van der Waals surface area contributed by atoms with Crippen molar-refractivity contribution < 1.29 is 19.4 Å². The number of aromatic carboxylic acids is 1. The summed E-state index contributed by atoms with van der Waals surface area (Å²) in [6, 6.07) is 10.0. The molecule has 21 heavy (non-hydrogen) atoms. The van der Waals surface area contributed by atoms with Gasteiger partial charge in [0.2, 0.25) is 0 Å². The summed E-state index contributed by atoms with van der Waals surface area (Å²) in [5, 5.41) is 9.17. The highest BCUT2D eigenvalue weighted by Gasteiger charge is 2.28. The molecule has 0 saturated heterocycles. The van der Waals surface area contributed by atoms with Crippen LogP contribution in [-0.4, -0.2) is 35.1 Å². The van der Waals surface area contributed by atoms with E-state index in [1.54, 1.807) is 18.2 Å². The molecule has 1 aliphatic rings. The molecule has 1 amide bonds. The maximum atomic E-state index is 12.6. The average molecular weight is 284 g/mol. The number of aromatic nitrogens is 1. The smallest absolute Gasteiger partial charge is 0.338 e. The van der Waals surface area contributed by atoms with Crippen molar-refractivity contribution in [2.45, 2.75) is 0 Å². The van der Waals surface area contributed by atoms with Gasteiger partial charge < -0.3 is 14.7 Å². The number of hydrogen-bond donors (Lipinski definition) is 1. The van der Waals surface area contributed by atoms with E-state index in [1.807, 2.05) is 6.07 Å². The summed E-state index contributed by atoms with van der Waals surface area (Å²) in [7, 11) is 0. The van der Waals surface area contributed by atoms with E-state index in [0.717, 1.165) is 0 Å². The number of nitrogens with zero attached hydrogens (tertiary/aromatic N) is 2. The Hall–Kier alpha value is -2.89. The maximum absolute atomic E-state index is 12.6. The molecule has 0 radical (unpaired) electrons. The third kappa shape index (κ3) is 2.31. The van der Waals surface area contributed by atoms with E-state index in [-0.39, 0.29) is 11.3 Å². The van der Waals surface area contributed by atoms with Crippen molar-refractivity contribution in [2.75, 3.05) is 18.1 Å². The molecule has 0 aliphatic carbocycles. The Morgan fingerprint density at radius 3 is 2.81 bits per heavy atom. The Morgan fingerprint density at radius 1 is 1.19 bits per heavy atom. The number of carboxylic acid groups (broad SMARTS) is 1. The summed E-state index contributed by atoms with van der Waals surface area (Å²) in [5.41, 5.74) is 0.448. The van der Waals surface area contributed by atoms with Crippen LogP contribution in [0.25, 0.3) is 0 Å². The van der Waals surface area contributed by atoms with Crippen molar-refractivity contribution in [3.63, 3.8) is 0 Å². The van der Waals surface area contributed by atoms with Crippen LogP contribution >= 0.6 is 0 Å². The molecule has 1 aromatic heterocycles. The average Bonchev–Trinajstić information content (AvgIpc) is 2.53. The van der Waals surface area contributed by atoms with Crippen LogP contribution in [-0.2, 0) is 0 Å². The Kier molecular flexibility index (Phi) is 3.27. The zero-order chi connectivity index (χ0) is 14.8. The Labute approximate surface area is 120 Å². The zero-order valence-electron chi connectivity index (χ0n) is 11.0. The molecule has 106 valence electrons. The third-order valence-electron chi connectivity index (χ3n) is 3.21. The van der Waals surface area contributed by atoms with Crippen LogP contribution in [0, 0.1) is 0 Å². The number of pyridine rings is 1. The van der Waals surface area contributed by atoms with Crippen molar-refractivity contribution in [3.8, 4) is 5.75 Å². The number of anilines is 1. The maximum Gasteiger partial charge on any atom is 0.338 e. The Balaban J connectivity index is 2.03. The van der Waals surface area contributed by atoms with Gasteiger partial charge in [-0.05, 0) is 24.3 Å². The summed E-state index contributed by atoms with van der Waals surface area (Å²) < 4.78 is 5.49. The van der Waals surface area contributed by atoms with E-state index in [9.17, 15) is 14.7 Å². The van der Waals surface area contributed by atoms with Gasteiger partial charge in [0.15, 0.2) is 0 Å². The fraction of sp³-hybridized carbons (Fsp3) is 0.133. The largest absolute Gasteiger partial charge is 0.490 e. The minimum Gasteiger partial charge on any atom is -0.490 e. The molecule has 1 N–H and O–H groups in total. The number of para-hydroxylation sites is 2. The lowest BCUT2D eigenvalue weighted by atomic mass is 10.1. The van der Waals surface area contributed by atoms with Gasteiger partial charge in [-0.3, -0.25) is 9.78 Å². The summed E-state index contributed by atoms with van der Waals surface area (Å²) in [6.45, 7) is 0.712. The Morgan fingerprint density at radius 2 is 2.00 bits per heavy atom. The first kappa shape index (κ1) is 13.1. The minimum absolute atomic E-state index is 0.0679. The van der Waals surface area contributed by atoms with Crippen LogP contribution < -0.4 is 9.64 Å². The van der Waals surface area contributed by atoms with Crippen LogP contribution in [0.3, 0.4) is 0 Å². The normalized spacial score (nSPS) is 13.2. The monoisotopic (exact) mass is 284 g/mol. The predicted octanol–water partition coefficient (Wildman–Crippen LogP) is 1.82. The highest BCUT2D eigenvalue weighted by Crippen LogP contribution is 2.32. The molecular weight excluding hydrogens is 272 g/mol. The Bertz CT molecular complexity index is 714. The molecule has 0 saturated carbocycles. The van der Waals surface area contributed by atoms with Gasteiger partial charge in [-0.2, -0.15) is 0 Å². The van der Waals surface area contributed by atoms with Crippen molar-refractivity contribution in [2.24, 2.45) is 0 Å². The van der Waals surface area contributed by atoms with E-state index in [0.29, 0.717) is 24.6 Å². The number of carbonyl (C=O) groups excluding carboxylic acids is 1. The lowest BCUT2D eigenvalue weighted by Crippen LogP contribution is -2.39. The second kappa shape index (κ2) is 5.24. The van der Waals surface area contributed by atoms with Crippen molar-refractivity contribution in [1.82, 2.24) is 4.98 Å². The van der Waals surface area contributed by atoms with Crippen LogP contribution in [0.4, 0.5) is 5.69 Å². The molecule has 1 aromatic carbocycles. The molecule has 2 aromatic rings. The summed E-state index contributed by atoms with van der Waals surface area (Å²) in [6.07, 6.45) is 1.41. The van der Waals surface area contributed by atoms with Gasteiger partial charge in [-0.15, -0.1) is 0 Å². The van der Waals surface area contributed by atoms with Gasteiger partial charge in [0, 0.05) is 6.20 Å². The van der Waals surface area contributed by atoms with E-state index in [4.69, 9.17) is 4.74 Å². The molecule has 0 fully saturated rings. The standard InChI is InChI=1S/C15H12N2O4/c18-14(13-10(15(19)20)4-3-7-16-13)17-8-9-21-12-6-2-1-5-11(12)17/h1-7H,8-9H2,(H,19,20). The highest BCUT2D eigenvalue weighted by molar-refractivity contribution is 6.11. The van der Waals surface area contributed by atoms with E-state index in [2.05, 4.69) is 4.98 Å². The van der Waals surface area contributed by atoms with E-state index < -0.39 is 11.9 Å². The van der Waals surface area contributed by atoms with Gasteiger partial charge in [0.25, 0.3) is 5.91 Å². The van der Waals surface area contributed by atoms with Gasteiger partial charge in [0.05, 0.1) is 17.8 Å².